The molecule has 20 heavy (non-hydrogen) atoms. The zero-order valence-electron chi connectivity index (χ0n) is 11.9. The molecule has 3 rings (SSSR count). The van der Waals surface area contributed by atoms with Crippen LogP contribution in [0.4, 0.5) is 0 Å². The first-order valence-corrected chi connectivity index (χ1v) is 6.88. The third-order valence-corrected chi connectivity index (χ3v) is 3.81. The Balaban J connectivity index is 1.71. The first-order chi connectivity index (χ1) is 9.74. The number of benzene rings is 2. The van der Waals surface area contributed by atoms with Crippen LogP contribution >= 0.6 is 0 Å². The van der Waals surface area contributed by atoms with Crippen molar-refractivity contribution in [1.29, 1.82) is 0 Å². The number of fused-ring (bicyclic) bond motifs is 1. The van der Waals surface area contributed by atoms with Gasteiger partial charge < -0.3 is 9.47 Å². The first kappa shape index (κ1) is 13.0. The van der Waals surface area contributed by atoms with E-state index in [9.17, 15) is 0 Å². The van der Waals surface area contributed by atoms with E-state index in [1.54, 1.807) is 0 Å². The van der Waals surface area contributed by atoms with Crippen LogP contribution in [-0.4, -0.2) is 18.7 Å². The van der Waals surface area contributed by atoms with Crippen molar-refractivity contribution in [2.75, 3.05) is 13.8 Å². The van der Waals surface area contributed by atoms with Gasteiger partial charge in [-0.05, 0) is 37.2 Å². The number of hydrogen-bond donors (Lipinski definition) is 0. The summed E-state index contributed by atoms with van der Waals surface area (Å²) in [5, 5.41) is 0. The van der Waals surface area contributed by atoms with Gasteiger partial charge in [-0.15, -0.1) is 0 Å². The summed E-state index contributed by atoms with van der Waals surface area (Å²) >= 11 is 0. The van der Waals surface area contributed by atoms with Gasteiger partial charge in [-0.1, -0.05) is 36.4 Å². The predicted molar refractivity (Wildman–Crippen MR) is 78.9 cm³/mol. The highest BCUT2D eigenvalue weighted by molar-refractivity contribution is 5.44. The fourth-order valence-corrected chi connectivity index (χ4v) is 2.45. The van der Waals surface area contributed by atoms with Crippen LogP contribution in [-0.2, 0) is 6.54 Å². The van der Waals surface area contributed by atoms with Gasteiger partial charge in [0.05, 0.1) is 0 Å². The Hall–Kier alpha value is -2.00. The Labute approximate surface area is 119 Å². The predicted octanol–water partition coefficient (Wildman–Crippen LogP) is 3.61. The summed E-state index contributed by atoms with van der Waals surface area (Å²) in [6.07, 6.45) is 0. The second-order valence-electron chi connectivity index (χ2n) is 5.19. The van der Waals surface area contributed by atoms with E-state index in [4.69, 9.17) is 9.47 Å². The van der Waals surface area contributed by atoms with Crippen molar-refractivity contribution < 1.29 is 9.47 Å². The molecule has 1 aliphatic heterocycles. The summed E-state index contributed by atoms with van der Waals surface area (Å²) in [4.78, 5) is 2.33. The second-order valence-corrected chi connectivity index (χ2v) is 5.19. The average Bonchev–Trinajstić information content (AvgIpc) is 2.95. The summed E-state index contributed by atoms with van der Waals surface area (Å²) < 4.78 is 10.8. The zero-order chi connectivity index (χ0) is 13.9. The molecule has 0 fully saturated rings. The van der Waals surface area contributed by atoms with Crippen LogP contribution in [0.25, 0.3) is 0 Å². The quantitative estimate of drug-likeness (QED) is 0.846. The van der Waals surface area contributed by atoms with Gasteiger partial charge in [0.25, 0.3) is 0 Å². The van der Waals surface area contributed by atoms with Gasteiger partial charge in [0.1, 0.15) is 0 Å². The molecule has 1 unspecified atom stereocenters. The smallest absolute Gasteiger partial charge is 0.231 e. The maximum atomic E-state index is 5.43. The molecule has 0 saturated carbocycles. The summed E-state index contributed by atoms with van der Waals surface area (Å²) in [7, 11) is 2.14. The fourth-order valence-electron chi connectivity index (χ4n) is 2.45. The third kappa shape index (κ3) is 2.63. The Morgan fingerprint density at radius 3 is 2.60 bits per heavy atom. The van der Waals surface area contributed by atoms with E-state index in [0.717, 1.165) is 18.0 Å². The van der Waals surface area contributed by atoms with E-state index in [-0.39, 0.29) is 0 Å². The monoisotopic (exact) mass is 269 g/mol. The standard InChI is InChI=1S/C17H19NO2/c1-13(15-6-4-3-5-7-15)18(2)11-14-8-9-16-17(10-14)20-12-19-16/h3-10,13H,11-12H2,1-2H3. The van der Waals surface area contributed by atoms with Gasteiger partial charge >= 0.3 is 0 Å². The lowest BCUT2D eigenvalue weighted by Gasteiger charge is -2.25. The molecule has 3 heteroatoms. The van der Waals surface area contributed by atoms with E-state index in [2.05, 4.69) is 55.3 Å². The van der Waals surface area contributed by atoms with Gasteiger partial charge in [-0.25, -0.2) is 0 Å². The van der Waals surface area contributed by atoms with Crippen molar-refractivity contribution in [3.63, 3.8) is 0 Å². The maximum Gasteiger partial charge on any atom is 0.231 e. The number of ether oxygens (including phenoxy) is 2. The van der Waals surface area contributed by atoms with E-state index < -0.39 is 0 Å². The highest BCUT2D eigenvalue weighted by atomic mass is 16.7. The highest BCUT2D eigenvalue weighted by Gasteiger charge is 2.16. The van der Waals surface area contributed by atoms with E-state index in [1.807, 2.05) is 12.1 Å². The normalized spacial score (nSPS) is 14.6. The van der Waals surface area contributed by atoms with Gasteiger partial charge in [0, 0.05) is 12.6 Å². The Morgan fingerprint density at radius 1 is 1.05 bits per heavy atom. The second kappa shape index (κ2) is 5.55. The molecule has 0 N–H and O–H groups in total. The molecule has 0 saturated heterocycles. The molecule has 104 valence electrons. The van der Waals surface area contributed by atoms with Crippen molar-refractivity contribution in [1.82, 2.24) is 4.90 Å². The van der Waals surface area contributed by atoms with Crippen LogP contribution in [0, 0.1) is 0 Å². The van der Waals surface area contributed by atoms with Crippen molar-refractivity contribution >= 4 is 0 Å². The molecular weight excluding hydrogens is 250 g/mol. The highest BCUT2D eigenvalue weighted by Crippen LogP contribution is 2.33. The largest absolute Gasteiger partial charge is 0.454 e. The summed E-state index contributed by atoms with van der Waals surface area (Å²) in [5.74, 6) is 1.69. The summed E-state index contributed by atoms with van der Waals surface area (Å²) in [6, 6.07) is 17.1. The van der Waals surface area contributed by atoms with Gasteiger partial charge in [0.2, 0.25) is 6.79 Å². The number of nitrogens with zero attached hydrogens (tertiary/aromatic N) is 1. The molecular formula is C17H19NO2. The van der Waals surface area contributed by atoms with Crippen molar-refractivity contribution in [3.8, 4) is 11.5 Å². The lowest BCUT2D eigenvalue weighted by atomic mass is 10.1. The van der Waals surface area contributed by atoms with Crippen molar-refractivity contribution in [2.45, 2.75) is 19.5 Å². The van der Waals surface area contributed by atoms with Crippen LogP contribution in [0.3, 0.4) is 0 Å². The summed E-state index contributed by atoms with van der Waals surface area (Å²) in [6.45, 7) is 3.43. The molecule has 1 aliphatic rings. The number of hydrogen-bond acceptors (Lipinski definition) is 3. The topological polar surface area (TPSA) is 21.7 Å². The number of rotatable bonds is 4. The molecule has 1 atom stereocenters. The molecule has 2 aromatic rings. The minimum Gasteiger partial charge on any atom is -0.454 e. The molecule has 3 nitrogen and oxygen atoms in total. The molecule has 2 aromatic carbocycles. The molecule has 0 aliphatic carbocycles. The molecule has 1 heterocycles. The van der Waals surface area contributed by atoms with Crippen LogP contribution < -0.4 is 9.47 Å². The van der Waals surface area contributed by atoms with Crippen LogP contribution in [0.15, 0.2) is 48.5 Å². The van der Waals surface area contributed by atoms with Crippen LogP contribution in [0.2, 0.25) is 0 Å². The lowest BCUT2D eigenvalue weighted by Crippen LogP contribution is -2.21. The molecule has 0 aromatic heterocycles. The Morgan fingerprint density at radius 2 is 1.80 bits per heavy atom. The van der Waals surface area contributed by atoms with Gasteiger partial charge in [0.15, 0.2) is 11.5 Å². The third-order valence-electron chi connectivity index (χ3n) is 3.81. The zero-order valence-corrected chi connectivity index (χ0v) is 11.9. The van der Waals surface area contributed by atoms with Crippen molar-refractivity contribution in [3.05, 3.63) is 59.7 Å². The first-order valence-electron chi connectivity index (χ1n) is 6.88. The molecule has 0 amide bonds. The van der Waals surface area contributed by atoms with Crippen molar-refractivity contribution in [2.24, 2.45) is 0 Å². The lowest BCUT2D eigenvalue weighted by molar-refractivity contribution is 0.174. The maximum absolute atomic E-state index is 5.43. The molecule has 0 bridgehead atoms. The van der Waals surface area contributed by atoms with E-state index in [0.29, 0.717) is 12.8 Å². The van der Waals surface area contributed by atoms with Gasteiger partial charge in [-0.3, -0.25) is 4.90 Å². The SMILES string of the molecule is CC(c1ccccc1)N(C)Cc1ccc2c(c1)OCO2. The Kier molecular flexibility index (Phi) is 3.61. The molecule has 0 radical (unpaired) electrons. The Bertz CT molecular complexity index is 583. The molecule has 0 spiro atoms. The minimum atomic E-state index is 0.328. The minimum absolute atomic E-state index is 0.328. The van der Waals surface area contributed by atoms with E-state index >= 15 is 0 Å². The summed E-state index contributed by atoms with van der Waals surface area (Å²) in [5.41, 5.74) is 2.57. The van der Waals surface area contributed by atoms with Crippen LogP contribution in [0.5, 0.6) is 11.5 Å². The average molecular weight is 269 g/mol. The van der Waals surface area contributed by atoms with Gasteiger partial charge in [-0.2, -0.15) is 0 Å². The fraction of sp³-hybridized carbons (Fsp3) is 0.294. The van der Waals surface area contributed by atoms with Crippen LogP contribution in [0.1, 0.15) is 24.1 Å². The van der Waals surface area contributed by atoms with E-state index in [1.165, 1.54) is 11.1 Å².